The number of anilines is 1. The molecule has 0 aliphatic carbocycles. The van der Waals surface area contributed by atoms with Crippen LogP contribution in [0.3, 0.4) is 0 Å². The summed E-state index contributed by atoms with van der Waals surface area (Å²) in [6.45, 7) is 4.39. The first-order valence-corrected chi connectivity index (χ1v) is 15.3. The molecule has 0 aromatic heterocycles. The minimum Gasteiger partial charge on any atom is -0.492 e. The zero-order valence-electron chi connectivity index (χ0n) is 23.7. The number of carbonyl (C=O) groups excluding carboxylic acids is 1. The summed E-state index contributed by atoms with van der Waals surface area (Å²) in [5.74, 6) is 6.73. The Bertz CT molecular complexity index is 1600. The van der Waals surface area contributed by atoms with Crippen molar-refractivity contribution in [2.75, 3.05) is 44.8 Å². The van der Waals surface area contributed by atoms with Crippen molar-refractivity contribution in [3.05, 3.63) is 95.1 Å². The van der Waals surface area contributed by atoms with Crippen LogP contribution < -0.4 is 14.4 Å². The molecule has 10 heteroatoms. The van der Waals surface area contributed by atoms with Crippen LogP contribution in [0.25, 0.3) is 0 Å². The molecule has 2 aliphatic rings. The number of methoxy groups -OCH3 is 1. The molecule has 0 spiro atoms. The number of piperazine rings is 1. The molecule has 3 aromatic rings. The second-order valence-corrected chi connectivity index (χ2v) is 11.8. The third kappa shape index (κ3) is 7.18. The van der Waals surface area contributed by atoms with E-state index in [1.54, 1.807) is 0 Å². The van der Waals surface area contributed by atoms with E-state index >= 15 is 0 Å². The van der Waals surface area contributed by atoms with E-state index in [2.05, 4.69) is 38.3 Å². The van der Waals surface area contributed by atoms with Crippen molar-refractivity contribution < 1.29 is 22.7 Å². The van der Waals surface area contributed by atoms with Crippen molar-refractivity contribution in [2.45, 2.75) is 25.9 Å². The van der Waals surface area contributed by atoms with Gasteiger partial charge in [0.25, 0.3) is 10.2 Å². The van der Waals surface area contributed by atoms with Gasteiger partial charge in [-0.25, -0.2) is 0 Å². The van der Waals surface area contributed by atoms with Gasteiger partial charge in [-0.05, 0) is 55.0 Å². The Morgan fingerprint density at radius 3 is 2.40 bits per heavy atom. The molecule has 0 amide bonds. The number of benzene rings is 3. The Balaban J connectivity index is 1.21. The molecule has 0 unspecified atom stereocenters. The lowest BCUT2D eigenvalue weighted by Crippen LogP contribution is -2.54. The van der Waals surface area contributed by atoms with Crippen molar-refractivity contribution in [1.29, 1.82) is 0 Å². The molecule has 1 atom stereocenters. The molecule has 9 nitrogen and oxygen atoms in total. The highest BCUT2D eigenvalue weighted by atomic mass is 32.2. The van der Waals surface area contributed by atoms with Gasteiger partial charge < -0.3 is 14.4 Å². The van der Waals surface area contributed by atoms with E-state index in [4.69, 9.17) is 9.73 Å². The zero-order chi connectivity index (χ0) is 29.5. The van der Waals surface area contributed by atoms with Crippen LogP contribution in [0.5, 0.6) is 5.75 Å². The molecule has 218 valence electrons. The maximum atomic E-state index is 12.6. The number of hydrogen-bond donors (Lipinski definition) is 1. The van der Waals surface area contributed by atoms with Gasteiger partial charge in [-0.3, -0.25) is 9.79 Å². The summed E-state index contributed by atoms with van der Waals surface area (Å²) in [4.78, 5) is 18.6. The Morgan fingerprint density at radius 2 is 1.69 bits per heavy atom. The summed E-state index contributed by atoms with van der Waals surface area (Å²) in [5, 5.41) is 0. The summed E-state index contributed by atoms with van der Waals surface area (Å²) in [6, 6.07) is 23.2. The van der Waals surface area contributed by atoms with Crippen LogP contribution >= 0.6 is 0 Å². The summed E-state index contributed by atoms with van der Waals surface area (Å²) < 4.78 is 39.5. The number of carbonyl (C=O) groups is 1. The second kappa shape index (κ2) is 13.2. The number of fused-ring (bicyclic) bond motifs is 1. The summed E-state index contributed by atoms with van der Waals surface area (Å²) in [7, 11) is -2.56. The SMILES string of the molecule is COC(=O)[C@@H](C)NS(=O)(=O)N1CCN(c2ccc(C#Cc3ccc4c(c3)C(=NCc3ccccc3)CCO4)cc2)CC1. The molecule has 42 heavy (non-hydrogen) atoms. The smallest absolute Gasteiger partial charge is 0.323 e. The molecule has 1 saturated heterocycles. The number of esters is 1. The van der Waals surface area contributed by atoms with Crippen molar-refractivity contribution in [3.8, 4) is 17.6 Å². The fourth-order valence-corrected chi connectivity index (χ4v) is 6.23. The lowest BCUT2D eigenvalue weighted by Gasteiger charge is -2.35. The summed E-state index contributed by atoms with van der Waals surface area (Å²) >= 11 is 0. The molecular formula is C32H34N4O5S. The summed E-state index contributed by atoms with van der Waals surface area (Å²) in [5.41, 5.74) is 5.98. The molecule has 0 radical (unpaired) electrons. The van der Waals surface area contributed by atoms with Crippen molar-refractivity contribution in [3.63, 3.8) is 0 Å². The largest absolute Gasteiger partial charge is 0.492 e. The van der Waals surface area contributed by atoms with E-state index in [-0.39, 0.29) is 0 Å². The molecule has 1 N–H and O–H groups in total. The molecule has 2 aliphatic heterocycles. The van der Waals surface area contributed by atoms with Crippen LogP contribution in [0, 0.1) is 11.8 Å². The van der Waals surface area contributed by atoms with E-state index in [0.717, 1.165) is 40.3 Å². The maximum Gasteiger partial charge on any atom is 0.323 e. The maximum absolute atomic E-state index is 12.6. The van der Waals surface area contributed by atoms with Crippen LogP contribution in [0.2, 0.25) is 0 Å². The first kappa shape index (κ1) is 29.3. The predicted octanol–water partition coefficient (Wildman–Crippen LogP) is 3.38. The van der Waals surface area contributed by atoms with Gasteiger partial charge in [-0.1, -0.05) is 42.2 Å². The van der Waals surface area contributed by atoms with Gasteiger partial charge in [0, 0.05) is 60.7 Å². The minimum atomic E-state index is -3.79. The molecule has 2 heterocycles. The molecule has 5 rings (SSSR count). The first-order chi connectivity index (χ1) is 20.3. The van der Waals surface area contributed by atoms with Gasteiger partial charge >= 0.3 is 5.97 Å². The van der Waals surface area contributed by atoms with Gasteiger partial charge in [0.1, 0.15) is 11.8 Å². The molecule has 0 bridgehead atoms. The molecule has 3 aromatic carbocycles. The highest BCUT2D eigenvalue weighted by Crippen LogP contribution is 2.27. The Hall–Kier alpha value is -4.17. The standard InChI is InChI=1S/C32H34N4O5S/c1-24(32(37)40-2)34-42(38,39)36-19-17-35(18-20-36)28-13-10-25(11-14-28)8-9-26-12-15-31-29(22-26)30(16-21-41-31)33-23-27-6-4-3-5-7-27/h3-7,10-15,22,24,34H,16-21,23H2,1-2H3/t24-/m1/s1. The number of ether oxygens (including phenoxy) is 2. The van der Waals surface area contributed by atoms with E-state index in [9.17, 15) is 13.2 Å². The number of hydrogen-bond acceptors (Lipinski definition) is 7. The van der Waals surface area contributed by atoms with E-state index in [1.807, 2.05) is 60.7 Å². The van der Waals surface area contributed by atoms with Crippen LogP contribution in [-0.2, 0) is 26.3 Å². The van der Waals surface area contributed by atoms with Gasteiger partial charge in [-0.2, -0.15) is 17.4 Å². The number of aliphatic imine (C=N–C) groups is 1. The highest BCUT2D eigenvalue weighted by molar-refractivity contribution is 7.87. The van der Waals surface area contributed by atoms with E-state index in [0.29, 0.717) is 39.3 Å². The van der Waals surface area contributed by atoms with Crippen LogP contribution in [0.1, 0.15) is 35.6 Å². The van der Waals surface area contributed by atoms with Gasteiger partial charge in [-0.15, -0.1) is 0 Å². The van der Waals surface area contributed by atoms with Crippen LogP contribution in [0.4, 0.5) is 5.69 Å². The fourth-order valence-electron chi connectivity index (χ4n) is 4.90. The average Bonchev–Trinajstić information content (AvgIpc) is 3.03. The Morgan fingerprint density at radius 1 is 1.00 bits per heavy atom. The van der Waals surface area contributed by atoms with Gasteiger partial charge in [0.05, 0.1) is 20.3 Å². The first-order valence-electron chi connectivity index (χ1n) is 13.9. The van der Waals surface area contributed by atoms with Gasteiger partial charge in [0.15, 0.2) is 0 Å². The lowest BCUT2D eigenvalue weighted by atomic mass is 10.0. The third-order valence-electron chi connectivity index (χ3n) is 7.22. The normalized spacial score (nSPS) is 17.0. The van der Waals surface area contributed by atoms with Crippen molar-refractivity contribution >= 4 is 27.6 Å². The average molecular weight is 587 g/mol. The molecular weight excluding hydrogens is 552 g/mol. The Kier molecular flexibility index (Phi) is 9.22. The minimum absolute atomic E-state index is 0.309. The lowest BCUT2D eigenvalue weighted by molar-refractivity contribution is -0.142. The number of rotatable bonds is 7. The summed E-state index contributed by atoms with van der Waals surface area (Å²) in [6.07, 6.45) is 0.765. The van der Waals surface area contributed by atoms with E-state index in [1.165, 1.54) is 23.9 Å². The highest BCUT2D eigenvalue weighted by Gasteiger charge is 2.30. The number of nitrogens with one attached hydrogen (secondary N) is 1. The topological polar surface area (TPSA) is 101 Å². The zero-order valence-corrected chi connectivity index (χ0v) is 24.6. The quantitative estimate of drug-likeness (QED) is 0.337. The molecule has 1 fully saturated rings. The fraction of sp³-hybridized carbons (Fsp3) is 0.312. The van der Waals surface area contributed by atoms with Gasteiger partial charge in [0.2, 0.25) is 0 Å². The number of nitrogens with zero attached hydrogens (tertiary/aromatic N) is 3. The van der Waals surface area contributed by atoms with Crippen molar-refractivity contribution in [2.24, 2.45) is 4.99 Å². The Labute approximate surface area is 247 Å². The monoisotopic (exact) mass is 586 g/mol. The second-order valence-electron chi connectivity index (χ2n) is 10.1. The van der Waals surface area contributed by atoms with Crippen molar-refractivity contribution in [1.82, 2.24) is 9.03 Å². The van der Waals surface area contributed by atoms with Crippen LogP contribution in [-0.4, -0.2) is 70.3 Å². The molecule has 0 saturated carbocycles. The van der Waals surface area contributed by atoms with E-state index < -0.39 is 22.2 Å². The third-order valence-corrected chi connectivity index (χ3v) is 8.92. The van der Waals surface area contributed by atoms with Crippen LogP contribution in [0.15, 0.2) is 77.8 Å². The predicted molar refractivity (Wildman–Crippen MR) is 163 cm³/mol.